The number of rotatable bonds is 5. The molecule has 0 aromatic heterocycles. The van der Waals surface area contributed by atoms with Crippen LogP contribution in [0.3, 0.4) is 0 Å². The molecule has 0 unspecified atom stereocenters. The van der Waals surface area contributed by atoms with Gasteiger partial charge in [0.15, 0.2) is 0 Å². The quantitative estimate of drug-likeness (QED) is 0.800. The molecule has 1 fully saturated rings. The predicted octanol–water partition coefficient (Wildman–Crippen LogP) is 0.925. The topological polar surface area (TPSA) is 60.9 Å². The smallest absolute Gasteiger partial charge is 0.232 e. The number of hydrogen-bond acceptors (Lipinski definition) is 4. The minimum absolute atomic E-state index is 0.0128. The monoisotopic (exact) mass is 339 g/mol. The van der Waals surface area contributed by atoms with E-state index in [0.29, 0.717) is 18.8 Å². The highest BCUT2D eigenvalue weighted by Crippen LogP contribution is 2.19. The van der Waals surface area contributed by atoms with Crippen LogP contribution < -0.4 is 4.31 Å². The molecule has 1 aromatic carbocycles. The van der Waals surface area contributed by atoms with Gasteiger partial charge in [0, 0.05) is 39.1 Å². The minimum atomic E-state index is -3.41. The second-order valence-electron chi connectivity index (χ2n) is 6.10. The van der Waals surface area contributed by atoms with Gasteiger partial charge in [0.1, 0.15) is 0 Å². The van der Waals surface area contributed by atoms with Crippen LogP contribution in [0, 0.1) is 6.92 Å². The maximum atomic E-state index is 12.3. The molecule has 128 valence electrons. The molecule has 7 heteroatoms. The molecule has 0 spiro atoms. The Morgan fingerprint density at radius 2 is 1.70 bits per heavy atom. The lowest BCUT2D eigenvalue weighted by molar-refractivity contribution is -0.132. The zero-order valence-corrected chi connectivity index (χ0v) is 14.8. The number of amides is 1. The van der Waals surface area contributed by atoms with Gasteiger partial charge < -0.3 is 9.80 Å². The van der Waals surface area contributed by atoms with Crippen molar-refractivity contribution < 1.29 is 13.2 Å². The van der Waals surface area contributed by atoms with Crippen LogP contribution in [0.1, 0.15) is 12.0 Å². The summed E-state index contributed by atoms with van der Waals surface area (Å²) in [7, 11) is -1.38. The van der Waals surface area contributed by atoms with E-state index in [0.717, 1.165) is 18.7 Å². The van der Waals surface area contributed by atoms with Crippen molar-refractivity contribution in [2.45, 2.75) is 13.3 Å². The molecule has 0 radical (unpaired) electrons. The molecular formula is C16H25N3O3S. The molecule has 1 aliphatic heterocycles. The standard InChI is InChI=1S/C16H25N3O3S/c1-14-4-6-15(7-5-14)19(23(3,21)22)9-8-16(20)18-12-10-17(2)11-13-18/h4-7H,8-13H2,1-3H3. The highest BCUT2D eigenvalue weighted by atomic mass is 32.2. The van der Waals surface area contributed by atoms with E-state index >= 15 is 0 Å². The van der Waals surface area contributed by atoms with Crippen LogP contribution in [-0.2, 0) is 14.8 Å². The van der Waals surface area contributed by atoms with Gasteiger partial charge in [0.05, 0.1) is 11.9 Å². The molecule has 0 aliphatic carbocycles. The molecule has 6 nitrogen and oxygen atoms in total. The summed E-state index contributed by atoms with van der Waals surface area (Å²) >= 11 is 0. The summed E-state index contributed by atoms with van der Waals surface area (Å²) < 4.78 is 25.4. The fourth-order valence-electron chi connectivity index (χ4n) is 2.61. The number of anilines is 1. The first-order valence-electron chi connectivity index (χ1n) is 7.78. The first-order chi connectivity index (χ1) is 10.8. The number of carbonyl (C=O) groups is 1. The number of benzene rings is 1. The van der Waals surface area contributed by atoms with Crippen molar-refractivity contribution in [3.05, 3.63) is 29.8 Å². The fourth-order valence-corrected chi connectivity index (χ4v) is 3.54. The van der Waals surface area contributed by atoms with E-state index in [4.69, 9.17) is 0 Å². The van der Waals surface area contributed by atoms with Crippen molar-refractivity contribution in [1.29, 1.82) is 0 Å². The Morgan fingerprint density at radius 3 is 2.22 bits per heavy atom. The minimum Gasteiger partial charge on any atom is -0.340 e. The summed E-state index contributed by atoms with van der Waals surface area (Å²) in [6.45, 7) is 5.26. The summed E-state index contributed by atoms with van der Waals surface area (Å²) in [6.07, 6.45) is 1.37. The number of sulfonamides is 1. The second kappa shape index (κ2) is 7.31. The lowest BCUT2D eigenvalue weighted by Gasteiger charge is -2.33. The molecular weight excluding hydrogens is 314 g/mol. The third kappa shape index (κ3) is 4.94. The number of piperazine rings is 1. The maximum Gasteiger partial charge on any atom is 0.232 e. The average Bonchev–Trinajstić information content (AvgIpc) is 2.48. The Balaban J connectivity index is 2.02. The summed E-state index contributed by atoms with van der Waals surface area (Å²) in [5.74, 6) is 0.0128. The third-order valence-corrected chi connectivity index (χ3v) is 5.30. The molecule has 23 heavy (non-hydrogen) atoms. The Bertz CT molecular complexity index is 635. The van der Waals surface area contributed by atoms with Crippen molar-refractivity contribution in [2.24, 2.45) is 0 Å². The van der Waals surface area contributed by atoms with Gasteiger partial charge in [-0.2, -0.15) is 0 Å². The Hall–Kier alpha value is -1.60. The average molecular weight is 339 g/mol. The van der Waals surface area contributed by atoms with Gasteiger partial charge in [0.25, 0.3) is 0 Å². The molecule has 0 saturated carbocycles. The Kier molecular flexibility index (Phi) is 5.64. The third-order valence-electron chi connectivity index (χ3n) is 4.11. The molecule has 1 aromatic rings. The first-order valence-corrected chi connectivity index (χ1v) is 9.63. The van der Waals surface area contributed by atoms with Crippen LogP contribution in [0.15, 0.2) is 24.3 Å². The van der Waals surface area contributed by atoms with Crippen LogP contribution in [0.5, 0.6) is 0 Å². The molecule has 0 N–H and O–H groups in total. The largest absolute Gasteiger partial charge is 0.340 e. The molecule has 1 heterocycles. The highest BCUT2D eigenvalue weighted by molar-refractivity contribution is 7.92. The number of nitrogens with zero attached hydrogens (tertiary/aromatic N) is 3. The first kappa shape index (κ1) is 17.7. The lowest BCUT2D eigenvalue weighted by Crippen LogP contribution is -2.48. The maximum absolute atomic E-state index is 12.3. The van der Waals surface area contributed by atoms with Crippen molar-refractivity contribution >= 4 is 21.6 Å². The molecule has 2 rings (SSSR count). The van der Waals surface area contributed by atoms with Crippen LogP contribution in [-0.4, -0.2) is 70.2 Å². The zero-order chi connectivity index (χ0) is 17.0. The van der Waals surface area contributed by atoms with E-state index in [1.54, 1.807) is 12.1 Å². The number of likely N-dealkylation sites (N-methyl/N-ethyl adjacent to an activating group) is 1. The number of carbonyl (C=O) groups excluding carboxylic acids is 1. The van der Waals surface area contributed by atoms with E-state index in [9.17, 15) is 13.2 Å². The summed E-state index contributed by atoms with van der Waals surface area (Å²) in [5.41, 5.74) is 1.67. The van der Waals surface area contributed by atoms with E-state index in [2.05, 4.69) is 4.90 Å². The van der Waals surface area contributed by atoms with Crippen LogP contribution in [0.2, 0.25) is 0 Å². The van der Waals surface area contributed by atoms with Crippen LogP contribution in [0.25, 0.3) is 0 Å². The van der Waals surface area contributed by atoms with Gasteiger partial charge in [-0.15, -0.1) is 0 Å². The van der Waals surface area contributed by atoms with Crippen LogP contribution in [0.4, 0.5) is 5.69 Å². The van der Waals surface area contributed by atoms with E-state index in [1.165, 1.54) is 10.6 Å². The highest BCUT2D eigenvalue weighted by Gasteiger charge is 2.22. The summed E-state index contributed by atoms with van der Waals surface area (Å²) in [5, 5.41) is 0. The lowest BCUT2D eigenvalue weighted by atomic mass is 10.2. The van der Waals surface area contributed by atoms with Gasteiger partial charge in [0.2, 0.25) is 15.9 Å². The molecule has 1 saturated heterocycles. The summed E-state index contributed by atoms with van der Waals surface area (Å²) in [4.78, 5) is 16.3. The fraction of sp³-hybridized carbons (Fsp3) is 0.562. The van der Waals surface area contributed by atoms with Gasteiger partial charge >= 0.3 is 0 Å². The van der Waals surface area contributed by atoms with Gasteiger partial charge in [-0.25, -0.2) is 8.42 Å². The van der Waals surface area contributed by atoms with Crippen LogP contribution >= 0.6 is 0 Å². The molecule has 0 atom stereocenters. The van der Waals surface area contributed by atoms with Crippen molar-refractivity contribution in [2.75, 3.05) is 50.3 Å². The molecule has 0 bridgehead atoms. The van der Waals surface area contributed by atoms with Gasteiger partial charge in [-0.05, 0) is 26.1 Å². The number of aryl methyl sites for hydroxylation is 1. The van der Waals surface area contributed by atoms with E-state index in [-0.39, 0.29) is 18.9 Å². The van der Waals surface area contributed by atoms with Crippen molar-refractivity contribution in [3.63, 3.8) is 0 Å². The van der Waals surface area contributed by atoms with E-state index in [1.807, 2.05) is 31.0 Å². The van der Waals surface area contributed by atoms with Gasteiger partial charge in [-0.3, -0.25) is 9.10 Å². The molecule has 1 amide bonds. The second-order valence-corrected chi connectivity index (χ2v) is 8.01. The van der Waals surface area contributed by atoms with Crippen molar-refractivity contribution in [1.82, 2.24) is 9.80 Å². The summed E-state index contributed by atoms with van der Waals surface area (Å²) in [6, 6.07) is 7.29. The molecule has 1 aliphatic rings. The van der Waals surface area contributed by atoms with Gasteiger partial charge in [-0.1, -0.05) is 17.7 Å². The zero-order valence-electron chi connectivity index (χ0n) is 14.0. The SMILES string of the molecule is Cc1ccc(N(CCC(=O)N2CCN(C)CC2)S(C)(=O)=O)cc1. The van der Waals surface area contributed by atoms with E-state index < -0.39 is 10.0 Å². The predicted molar refractivity (Wildman–Crippen MR) is 92.1 cm³/mol. The normalized spacial score (nSPS) is 16.4. The van der Waals surface area contributed by atoms with Crippen molar-refractivity contribution in [3.8, 4) is 0 Å². The number of hydrogen-bond donors (Lipinski definition) is 0. The Morgan fingerprint density at radius 1 is 1.13 bits per heavy atom. The Labute approximate surface area is 138 Å².